The maximum Gasteiger partial charge on any atom is 0.319 e. The van der Waals surface area contributed by atoms with Crippen molar-refractivity contribution in [2.45, 2.75) is 156 Å². The average molecular weight is 1160 g/mol. The Bertz CT molecular complexity index is 2790. The predicted octanol–water partition coefficient (Wildman–Crippen LogP) is 9.67. The van der Waals surface area contributed by atoms with Crippen LogP contribution in [0.3, 0.4) is 0 Å². The van der Waals surface area contributed by atoms with E-state index in [0.717, 1.165) is 16.9 Å². The number of nitrogens with zero attached hydrogens (tertiary/aromatic N) is 1. The van der Waals surface area contributed by atoms with Crippen molar-refractivity contribution >= 4 is 58.4 Å². The highest BCUT2D eigenvalue weighted by molar-refractivity contribution is 5.99. The summed E-state index contributed by atoms with van der Waals surface area (Å²) in [6.45, 7) is 20.2. The molecule has 0 aliphatic carbocycles. The fourth-order valence-electron chi connectivity index (χ4n) is 9.41. The van der Waals surface area contributed by atoms with Crippen LogP contribution in [0.15, 0.2) is 114 Å². The molecule has 2 fully saturated rings. The summed E-state index contributed by atoms with van der Waals surface area (Å²) in [5.74, 6) is -0.338. The Kier molecular flexibility index (Phi) is 27.8. The Labute approximate surface area is 496 Å². The highest BCUT2D eigenvalue weighted by Crippen LogP contribution is 2.32. The van der Waals surface area contributed by atoms with Crippen molar-refractivity contribution in [2.75, 3.05) is 32.8 Å². The number of benzene rings is 4. The summed E-state index contributed by atoms with van der Waals surface area (Å²) in [7, 11) is 3.14. The Hall–Kier alpha value is -7.37. The number of aliphatic imine (C=N–C) groups is 1. The molecule has 2 saturated heterocycles. The standard InChI is InChI=1S/C33H45N3O6.C25H38N2O4.C8H7NO2/c1-21(2)16-27(36-32(40)34-25-12-14-26(41-6)15-13-25)29(37)19-24(18-23-10-8-7-9-11-23)31(39)35-28(17-22(3)4)30(38)33(5)20-42-33;1-16(2)11-20(26)22(28)14-19(13-18-9-7-6-8-10-18)24(30)27-21(12-17(3)4)23(29)25(5)15-31-25;1-11-8-4-2-7(3-5-8)9-6-10/h7-15,21-22,24,27-28H,16-20H2,1-6H3,(H,35,39)(H2,34,36,40);6-10,16-17,19-21H,11-15,26H2,1-5H3,(H,27,30);2-5H,1H3/t24-,27+,28+,33-;19-,20+,21+,25-;/m11./s1. The van der Waals surface area contributed by atoms with E-state index in [-0.39, 0.29) is 65.5 Å². The molecular weight excluding hydrogens is 1070 g/mol. The summed E-state index contributed by atoms with van der Waals surface area (Å²) in [5.41, 5.74) is 7.42. The molecule has 6 rings (SSSR count). The Morgan fingerprint density at radius 1 is 0.548 bits per heavy atom. The van der Waals surface area contributed by atoms with Crippen LogP contribution in [0.5, 0.6) is 11.5 Å². The van der Waals surface area contributed by atoms with E-state index in [1.807, 2.05) is 116 Å². The first-order valence-electron chi connectivity index (χ1n) is 29.1. The third kappa shape index (κ3) is 24.1. The smallest absolute Gasteiger partial charge is 0.319 e. The van der Waals surface area contributed by atoms with Crippen LogP contribution in [-0.2, 0) is 55.9 Å². The van der Waals surface area contributed by atoms with Crippen LogP contribution in [0.2, 0.25) is 0 Å². The van der Waals surface area contributed by atoms with Crippen molar-refractivity contribution in [1.82, 2.24) is 16.0 Å². The second kappa shape index (κ2) is 33.8. The molecular formula is C66H90N6O12. The number of carbonyl (C=O) groups excluding carboxylic acids is 8. The third-order valence-electron chi connectivity index (χ3n) is 14.3. The van der Waals surface area contributed by atoms with E-state index in [4.69, 9.17) is 24.7 Å². The van der Waals surface area contributed by atoms with E-state index in [9.17, 15) is 38.4 Å². The maximum absolute atomic E-state index is 13.7. The highest BCUT2D eigenvalue weighted by Gasteiger charge is 2.51. The molecule has 0 spiro atoms. The van der Waals surface area contributed by atoms with Gasteiger partial charge in [0, 0.05) is 30.4 Å². The summed E-state index contributed by atoms with van der Waals surface area (Å²) in [4.78, 5) is 106. The number of anilines is 1. The van der Waals surface area contributed by atoms with Crippen LogP contribution in [0.4, 0.5) is 16.2 Å². The molecule has 0 aromatic heterocycles. The number of hydrogen-bond acceptors (Lipinski definition) is 14. The fourth-order valence-corrected chi connectivity index (χ4v) is 9.41. The van der Waals surface area contributed by atoms with Gasteiger partial charge >= 0.3 is 6.03 Å². The Morgan fingerprint density at radius 2 is 0.929 bits per heavy atom. The first kappa shape index (κ1) is 69.1. The number of nitrogens with one attached hydrogen (secondary N) is 4. The monoisotopic (exact) mass is 1160 g/mol. The number of Topliss-reactive ketones (excluding diaryl/α,β-unsaturated/α-hetero) is 4. The zero-order chi connectivity index (χ0) is 62.1. The molecule has 4 aromatic carbocycles. The lowest BCUT2D eigenvalue weighted by molar-refractivity contribution is -0.134. The molecule has 456 valence electrons. The van der Waals surface area contributed by atoms with Gasteiger partial charge in [0.05, 0.1) is 57.3 Å². The maximum atomic E-state index is 13.7. The van der Waals surface area contributed by atoms with Crippen molar-refractivity contribution in [1.29, 1.82) is 0 Å². The molecule has 0 bridgehead atoms. The van der Waals surface area contributed by atoms with E-state index in [1.54, 1.807) is 76.6 Å². The van der Waals surface area contributed by atoms with Gasteiger partial charge in [-0.3, -0.25) is 28.8 Å². The SMILES string of the molecule is CC(C)C[C@H](NC(=O)[C@@H](CC(=O)[C@@H](N)CC(C)C)Cc1ccccc1)C(=O)[C@@]1(C)CO1.COc1ccc(N=C=O)cc1.COc1ccc(NC(=O)N[C@@H](CC(C)C)C(=O)C[C@@H](Cc2ccccc2)C(=O)N[C@@H](CC(C)C)C(=O)[C@@]2(C)CO2)cc1. The first-order valence-corrected chi connectivity index (χ1v) is 29.1. The minimum absolute atomic E-state index is 0.0605. The lowest BCUT2D eigenvalue weighted by Crippen LogP contribution is -2.50. The number of carbonyl (C=O) groups is 7. The summed E-state index contributed by atoms with van der Waals surface area (Å²) in [6, 6.07) is 29.6. The molecule has 0 unspecified atom stereocenters. The Balaban J connectivity index is 0.000000314. The zero-order valence-corrected chi connectivity index (χ0v) is 51.2. The third-order valence-corrected chi connectivity index (χ3v) is 14.3. The van der Waals surface area contributed by atoms with Gasteiger partial charge in [-0.15, -0.1) is 0 Å². The van der Waals surface area contributed by atoms with Crippen LogP contribution in [-0.4, -0.2) is 110 Å². The second-order valence-corrected chi connectivity index (χ2v) is 23.9. The molecule has 84 heavy (non-hydrogen) atoms. The van der Waals surface area contributed by atoms with Gasteiger partial charge in [0.1, 0.15) is 28.5 Å². The minimum atomic E-state index is -0.874. The number of isocyanates is 1. The summed E-state index contributed by atoms with van der Waals surface area (Å²) in [6.07, 6.45) is 4.17. The number of ketones is 4. The average Bonchev–Trinajstić information content (AvgIpc) is 4.07. The van der Waals surface area contributed by atoms with E-state index < -0.39 is 53.2 Å². The van der Waals surface area contributed by atoms with Crippen LogP contribution >= 0.6 is 0 Å². The summed E-state index contributed by atoms with van der Waals surface area (Å²) in [5, 5.41) is 11.5. The lowest BCUT2D eigenvalue weighted by atomic mass is 9.88. The predicted molar refractivity (Wildman–Crippen MR) is 325 cm³/mol. The molecule has 4 amide bonds. The van der Waals surface area contributed by atoms with Gasteiger partial charge in [-0.25, -0.2) is 9.59 Å². The van der Waals surface area contributed by atoms with E-state index in [1.165, 1.54) is 6.08 Å². The topological polar surface area (TPSA) is 267 Å². The summed E-state index contributed by atoms with van der Waals surface area (Å²) >= 11 is 0. The number of hydrogen-bond donors (Lipinski definition) is 5. The second-order valence-electron chi connectivity index (χ2n) is 23.9. The van der Waals surface area contributed by atoms with Gasteiger partial charge in [-0.05, 0) is 136 Å². The number of methoxy groups -OCH3 is 2. The van der Waals surface area contributed by atoms with Gasteiger partial charge in [-0.1, -0.05) is 116 Å². The molecule has 2 aliphatic rings. The quantitative estimate of drug-likeness (QED) is 0.0179. The van der Waals surface area contributed by atoms with Crippen molar-refractivity contribution in [3.63, 3.8) is 0 Å². The molecule has 18 nitrogen and oxygen atoms in total. The molecule has 0 radical (unpaired) electrons. The number of ether oxygens (including phenoxy) is 4. The number of urea groups is 1. The molecule has 4 aromatic rings. The first-order chi connectivity index (χ1) is 39.8. The molecule has 2 aliphatic heterocycles. The number of nitrogens with two attached hydrogens (primary N) is 1. The van der Waals surface area contributed by atoms with Crippen LogP contribution in [0.1, 0.15) is 119 Å². The van der Waals surface area contributed by atoms with Gasteiger partial charge in [0.15, 0.2) is 17.3 Å². The normalized spacial score (nSPS) is 17.9. The van der Waals surface area contributed by atoms with Crippen molar-refractivity contribution in [3.8, 4) is 11.5 Å². The van der Waals surface area contributed by atoms with Gasteiger partial charge in [0.2, 0.25) is 17.9 Å². The molecule has 18 heteroatoms. The van der Waals surface area contributed by atoms with Crippen LogP contribution < -0.4 is 36.5 Å². The van der Waals surface area contributed by atoms with E-state index in [0.29, 0.717) is 74.8 Å². The highest BCUT2D eigenvalue weighted by atomic mass is 16.6. The van der Waals surface area contributed by atoms with Crippen molar-refractivity contribution in [2.24, 2.45) is 46.2 Å². The molecule has 8 atom stereocenters. The molecule has 6 N–H and O–H groups in total. The van der Waals surface area contributed by atoms with Gasteiger partial charge < -0.3 is 45.9 Å². The number of amides is 4. The van der Waals surface area contributed by atoms with Crippen molar-refractivity contribution in [3.05, 3.63) is 120 Å². The summed E-state index contributed by atoms with van der Waals surface area (Å²) < 4.78 is 20.8. The zero-order valence-electron chi connectivity index (χ0n) is 51.2. The number of rotatable bonds is 31. The molecule has 2 heterocycles. The lowest BCUT2D eigenvalue weighted by Gasteiger charge is -2.26. The Morgan fingerprint density at radius 3 is 1.30 bits per heavy atom. The van der Waals surface area contributed by atoms with Gasteiger partial charge in [0.25, 0.3) is 0 Å². The van der Waals surface area contributed by atoms with Crippen LogP contribution in [0, 0.1) is 35.5 Å². The number of epoxide rings is 2. The van der Waals surface area contributed by atoms with E-state index in [2.05, 4.69) is 26.3 Å². The minimum Gasteiger partial charge on any atom is -0.497 e. The van der Waals surface area contributed by atoms with E-state index >= 15 is 0 Å². The largest absolute Gasteiger partial charge is 0.497 e. The van der Waals surface area contributed by atoms with Crippen LogP contribution in [0.25, 0.3) is 0 Å². The van der Waals surface area contributed by atoms with Crippen molar-refractivity contribution < 1.29 is 57.3 Å². The van der Waals surface area contributed by atoms with Gasteiger partial charge in [-0.2, -0.15) is 4.99 Å². The molecule has 0 saturated carbocycles. The fraction of sp³-hybridized carbons (Fsp3) is 0.515.